The van der Waals surface area contributed by atoms with Crippen LogP contribution in [0, 0.1) is 17.8 Å². The first kappa shape index (κ1) is 24.7. The van der Waals surface area contributed by atoms with E-state index < -0.39 is 35.4 Å². The Labute approximate surface area is 203 Å². The van der Waals surface area contributed by atoms with Crippen LogP contribution in [-0.2, 0) is 14.4 Å². The number of rotatable bonds is 5. The van der Waals surface area contributed by atoms with E-state index in [-0.39, 0.29) is 36.0 Å². The summed E-state index contributed by atoms with van der Waals surface area (Å²) in [4.78, 5) is 48.7. The molecule has 0 saturated heterocycles. The monoisotopic (exact) mass is 488 g/mol. The van der Waals surface area contributed by atoms with Gasteiger partial charge in [-0.2, -0.15) is 9.97 Å². The highest BCUT2D eigenvalue weighted by Gasteiger charge is 2.61. The van der Waals surface area contributed by atoms with Crippen LogP contribution in [0.15, 0.2) is 18.2 Å². The number of nitrogens with zero attached hydrogens (tertiary/aromatic N) is 3. The summed E-state index contributed by atoms with van der Waals surface area (Å²) in [6, 6.07) is 1.58. The number of methoxy groups -OCH3 is 2. The van der Waals surface area contributed by atoms with E-state index in [4.69, 9.17) is 14.2 Å². The number of amides is 2. The zero-order valence-corrected chi connectivity index (χ0v) is 20.2. The molecule has 0 unspecified atom stereocenters. The van der Waals surface area contributed by atoms with E-state index in [2.05, 4.69) is 15.3 Å². The predicted octanol–water partition coefficient (Wildman–Crippen LogP) is 1.43. The molecule has 2 fully saturated rings. The summed E-state index contributed by atoms with van der Waals surface area (Å²) in [5.74, 6) is -2.76. The minimum absolute atomic E-state index is 0.0701. The molecule has 11 nitrogen and oxygen atoms in total. The number of fused-ring (bicyclic) bond motifs is 2. The zero-order chi connectivity index (χ0) is 25.2. The van der Waals surface area contributed by atoms with Crippen molar-refractivity contribution in [2.75, 3.05) is 27.8 Å². The van der Waals surface area contributed by atoms with Gasteiger partial charge in [-0.25, -0.2) is 4.79 Å². The normalized spacial score (nSPS) is 31.9. The van der Waals surface area contributed by atoms with E-state index in [0.29, 0.717) is 19.4 Å². The van der Waals surface area contributed by atoms with Crippen LogP contribution in [0.4, 0.5) is 0 Å². The van der Waals surface area contributed by atoms with Crippen molar-refractivity contribution in [3.63, 3.8) is 0 Å². The van der Waals surface area contributed by atoms with Gasteiger partial charge < -0.3 is 29.5 Å². The van der Waals surface area contributed by atoms with Gasteiger partial charge in [0.15, 0.2) is 0 Å². The van der Waals surface area contributed by atoms with Crippen LogP contribution in [0.2, 0.25) is 0 Å². The zero-order valence-electron chi connectivity index (χ0n) is 20.2. The number of aliphatic carboxylic acids is 1. The number of nitrogens with one attached hydrogen (secondary N) is 1. The predicted molar refractivity (Wildman–Crippen MR) is 123 cm³/mol. The molecule has 1 aliphatic heterocycles. The summed E-state index contributed by atoms with van der Waals surface area (Å²) in [5.41, 5.74) is -1.32. The summed E-state index contributed by atoms with van der Waals surface area (Å²) in [5, 5.41) is 12.6. The van der Waals surface area contributed by atoms with Gasteiger partial charge in [-0.3, -0.25) is 9.59 Å². The molecule has 3 aliphatic rings. The first-order valence-corrected chi connectivity index (χ1v) is 11.9. The van der Waals surface area contributed by atoms with Gasteiger partial charge >= 0.3 is 12.0 Å². The van der Waals surface area contributed by atoms with Gasteiger partial charge in [0.25, 0.3) is 0 Å². The van der Waals surface area contributed by atoms with Gasteiger partial charge in [-0.15, -0.1) is 0 Å². The van der Waals surface area contributed by atoms with Crippen molar-refractivity contribution in [1.29, 1.82) is 0 Å². The molecule has 4 rings (SSSR count). The third-order valence-electron chi connectivity index (χ3n) is 7.11. The topological polar surface area (TPSA) is 140 Å². The van der Waals surface area contributed by atoms with Crippen LogP contribution in [0.3, 0.4) is 0 Å². The summed E-state index contributed by atoms with van der Waals surface area (Å²) < 4.78 is 16.3. The van der Waals surface area contributed by atoms with Crippen LogP contribution in [0.25, 0.3) is 0 Å². The molecule has 2 heterocycles. The number of carboxylic acid groups (broad SMARTS) is 1. The average molecular weight is 489 g/mol. The number of hydrogen-bond donors (Lipinski definition) is 2. The SMILES string of the molecule is COc1cc(O[C@@H]2C[C@H]3C(=O)N[C@]4(C(=O)O)C[C@@H]4/C=C\CCCCN(C)C(=O)[C@@H]3C2)nc(OC)n1. The average Bonchev–Trinajstić information content (AvgIpc) is 3.38. The van der Waals surface area contributed by atoms with E-state index in [0.717, 1.165) is 19.3 Å². The number of carbonyl (C=O) groups excluding carboxylic acids is 2. The molecule has 11 heteroatoms. The largest absolute Gasteiger partial charge is 0.481 e. The number of hydrogen-bond acceptors (Lipinski definition) is 8. The van der Waals surface area contributed by atoms with E-state index >= 15 is 0 Å². The second-order valence-electron chi connectivity index (χ2n) is 9.42. The highest BCUT2D eigenvalue weighted by Crippen LogP contribution is 2.46. The minimum atomic E-state index is -1.32. The molecule has 35 heavy (non-hydrogen) atoms. The Hall–Kier alpha value is -3.37. The molecular weight excluding hydrogens is 456 g/mol. The van der Waals surface area contributed by atoms with Gasteiger partial charge in [0.05, 0.1) is 32.1 Å². The Morgan fingerprint density at radius 3 is 2.60 bits per heavy atom. The molecule has 2 aliphatic carbocycles. The smallest absolute Gasteiger partial charge is 0.330 e. The van der Waals surface area contributed by atoms with Crippen molar-refractivity contribution in [3.8, 4) is 17.8 Å². The number of ether oxygens (including phenoxy) is 3. The maximum absolute atomic E-state index is 13.4. The molecule has 1 aromatic heterocycles. The van der Waals surface area contributed by atoms with Crippen molar-refractivity contribution in [2.24, 2.45) is 17.8 Å². The highest BCUT2D eigenvalue weighted by atomic mass is 16.5. The lowest BCUT2D eigenvalue weighted by atomic mass is 9.93. The van der Waals surface area contributed by atoms with Crippen molar-refractivity contribution < 1.29 is 33.7 Å². The van der Waals surface area contributed by atoms with Crippen molar-refractivity contribution in [3.05, 3.63) is 18.2 Å². The third kappa shape index (κ3) is 5.18. The summed E-state index contributed by atoms with van der Waals surface area (Å²) in [7, 11) is 4.62. The van der Waals surface area contributed by atoms with Crippen molar-refractivity contribution in [2.45, 2.75) is 50.2 Å². The first-order chi connectivity index (χ1) is 16.8. The van der Waals surface area contributed by atoms with Crippen LogP contribution >= 0.6 is 0 Å². The summed E-state index contributed by atoms with van der Waals surface area (Å²) >= 11 is 0. The van der Waals surface area contributed by atoms with Gasteiger partial charge in [-0.1, -0.05) is 12.2 Å². The number of aromatic nitrogens is 2. The molecule has 5 atom stereocenters. The van der Waals surface area contributed by atoms with Gasteiger partial charge in [0.2, 0.25) is 23.6 Å². The quantitative estimate of drug-likeness (QED) is 0.589. The molecule has 1 aromatic rings. The van der Waals surface area contributed by atoms with E-state index in [1.807, 2.05) is 12.2 Å². The molecular formula is C24H32N4O7. The van der Waals surface area contributed by atoms with Crippen molar-refractivity contribution in [1.82, 2.24) is 20.2 Å². The highest BCUT2D eigenvalue weighted by molar-refractivity contribution is 5.94. The molecule has 0 bridgehead atoms. The van der Waals surface area contributed by atoms with Gasteiger partial charge in [0.1, 0.15) is 11.6 Å². The number of allylic oxidation sites excluding steroid dienone is 1. The molecule has 2 N–H and O–H groups in total. The second-order valence-corrected chi connectivity index (χ2v) is 9.42. The Morgan fingerprint density at radius 2 is 1.89 bits per heavy atom. The minimum Gasteiger partial charge on any atom is -0.481 e. The van der Waals surface area contributed by atoms with E-state index in [1.54, 1.807) is 11.9 Å². The second kappa shape index (κ2) is 10.1. The number of carbonyl (C=O) groups is 3. The first-order valence-electron chi connectivity index (χ1n) is 11.9. The van der Waals surface area contributed by atoms with Crippen LogP contribution < -0.4 is 19.5 Å². The fourth-order valence-electron chi connectivity index (χ4n) is 5.00. The Morgan fingerprint density at radius 1 is 1.14 bits per heavy atom. The molecule has 0 aromatic carbocycles. The van der Waals surface area contributed by atoms with Crippen LogP contribution in [-0.4, -0.2) is 77.2 Å². The fourth-order valence-corrected chi connectivity index (χ4v) is 5.00. The Kier molecular flexibility index (Phi) is 7.13. The fraction of sp³-hybridized carbons (Fsp3) is 0.625. The van der Waals surface area contributed by atoms with E-state index in [9.17, 15) is 19.5 Å². The molecule has 0 radical (unpaired) electrons. The molecule has 2 amide bonds. The van der Waals surface area contributed by atoms with Crippen molar-refractivity contribution >= 4 is 17.8 Å². The van der Waals surface area contributed by atoms with Gasteiger partial charge in [0, 0.05) is 19.5 Å². The number of carboxylic acids is 1. The molecule has 2 saturated carbocycles. The van der Waals surface area contributed by atoms with Crippen LogP contribution in [0.1, 0.15) is 38.5 Å². The lowest BCUT2D eigenvalue weighted by molar-refractivity contribution is -0.145. The molecule has 0 spiro atoms. The Balaban J connectivity index is 1.58. The summed E-state index contributed by atoms with van der Waals surface area (Å²) in [6.45, 7) is 0.589. The lowest BCUT2D eigenvalue weighted by Crippen LogP contribution is -2.49. The maximum Gasteiger partial charge on any atom is 0.330 e. The lowest BCUT2D eigenvalue weighted by Gasteiger charge is -2.26. The van der Waals surface area contributed by atoms with E-state index in [1.165, 1.54) is 20.3 Å². The van der Waals surface area contributed by atoms with Crippen LogP contribution in [0.5, 0.6) is 17.8 Å². The Bertz CT molecular complexity index is 993. The maximum atomic E-state index is 13.4. The molecule has 190 valence electrons. The third-order valence-corrected chi connectivity index (χ3v) is 7.11. The summed E-state index contributed by atoms with van der Waals surface area (Å²) in [6.07, 6.45) is 6.80. The standard InChI is InChI=1S/C24H32N4O7/c1-28-9-7-5-4-6-8-14-13-24(14,22(31)32)27-20(29)16-10-15(11-17(16)21(28)30)35-19-12-18(33-2)25-23(26-19)34-3/h6,8,12,14-17H,4-5,7,9-11,13H2,1-3H3,(H,27,29)(H,31,32)/b8-6-/t14-,15+,16+,17+,24+/m0/s1. The van der Waals surface area contributed by atoms with Gasteiger partial charge in [-0.05, 0) is 38.5 Å².